The van der Waals surface area contributed by atoms with Gasteiger partial charge in [-0.15, -0.1) is 0 Å². The Morgan fingerprint density at radius 2 is 1.59 bits per heavy atom. The number of aliphatic hydroxyl groups excluding tert-OH is 1. The molecule has 3 N–H and O–H groups in total. The highest BCUT2D eigenvalue weighted by molar-refractivity contribution is 8.12. The molecule has 0 unspecified atom stereocenters. The largest absolute Gasteiger partial charge is 0.443 e. The SMILES string of the molecule is CC(C)(C)OC(=O)NS(=O)(=O)Cl.Cc1ncnc2c1ccn2[C@@H]1C[C@@H](COS(=O)(=O)NC(=O)OC(C)(C)C)[C@@H](O)C1. The molecule has 0 aromatic carbocycles. The van der Waals surface area contributed by atoms with E-state index in [0.717, 1.165) is 16.7 Å². The zero-order valence-corrected chi connectivity index (χ0v) is 26.1. The van der Waals surface area contributed by atoms with Crippen LogP contribution in [-0.2, 0) is 33.2 Å². The summed E-state index contributed by atoms with van der Waals surface area (Å²) < 4.78 is 64.1. The average molecular weight is 642 g/mol. The first-order valence-corrected chi connectivity index (χ1v) is 16.1. The maximum absolute atomic E-state index is 12.0. The summed E-state index contributed by atoms with van der Waals surface area (Å²) in [6.45, 7) is 11.3. The fourth-order valence-corrected chi connectivity index (χ4v) is 4.97. The van der Waals surface area contributed by atoms with Crippen molar-refractivity contribution in [3.05, 3.63) is 24.3 Å². The number of carbonyl (C=O) groups excluding carboxylic acids is 2. The van der Waals surface area contributed by atoms with E-state index in [1.54, 1.807) is 46.3 Å². The van der Waals surface area contributed by atoms with Crippen LogP contribution >= 0.6 is 10.7 Å². The molecule has 2 aromatic heterocycles. The van der Waals surface area contributed by atoms with E-state index in [2.05, 4.69) is 14.7 Å². The van der Waals surface area contributed by atoms with Crippen molar-refractivity contribution in [2.45, 2.75) is 84.7 Å². The number of nitrogens with zero attached hydrogens (tertiary/aromatic N) is 3. The third-order valence-electron chi connectivity index (χ3n) is 5.38. The number of rotatable bonds is 6. The van der Waals surface area contributed by atoms with Crippen LogP contribution in [0.1, 0.15) is 66.1 Å². The number of fused-ring (bicyclic) bond motifs is 1. The summed E-state index contributed by atoms with van der Waals surface area (Å²) in [6.07, 6.45) is 1.41. The van der Waals surface area contributed by atoms with Crippen molar-refractivity contribution in [2.75, 3.05) is 6.61 Å². The van der Waals surface area contributed by atoms with E-state index >= 15 is 0 Å². The number of carbonyl (C=O) groups is 2. The van der Waals surface area contributed by atoms with Gasteiger partial charge in [0.05, 0.1) is 18.4 Å². The molecule has 3 atom stereocenters. The molecule has 1 aliphatic rings. The van der Waals surface area contributed by atoms with Gasteiger partial charge in [-0.05, 0) is 67.4 Å². The minimum atomic E-state index is -4.34. The quantitative estimate of drug-likeness (QED) is 0.389. The van der Waals surface area contributed by atoms with Crippen LogP contribution in [0, 0.1) is 12.8 Å². The number of nitrogens with one attached hydrogen (secondary N) is 2. The maximum Gasteiger partial charge on any atom is 0.423 e. The second kappa shape index (κ2) is 13.1. The first-order valence-electron chi connectivity index (χ1n) is 12.4. The molecule has 0 bridgehead atoms. The monoisotopic (exact) mass is 641 g/mol. The van der Waals surface area contributed by atoms with Crippen molar-refractivity contribution >= 4 is 53.4 Å². The van der Waals surface area contributed by atoms with Gasteiger partial charge in [-0.1, -0.05) is 0 Å². The summed E-state index contributed by atoms with van der Waals surface area (Å²) in [5.41, 5.74) is 0.0589. The van der Waals surface area contributed by atoms with Crippen molar-refractivity contribution in [2.24, 2.45) is 5.92 Å². The van der Waals surface area contributed by atoms with E-state index in [1.165, 1.54) is 11.0 Å². The summed E-state index contributed by atoms with van der Waals surface area (Å²) in [4.78, 5) is 30.8. The van der Waals surface area contributed by atoms with E-state index in [4.69, 9.17) is 19.6 Å². The molecular weight excluding hydrogens is 606 g/mol. The van der Waals surface area contributed by atoms with Gasteiger partial charge in [-0.2, -0.15) is 21.6 Å². The molecule has 3 rings (SSSR count). The summed E-state index contributed by atoms with van der Waals surface area (Å²) in [7, 11) is -3.67. The van der Waals surface area contributed by atoms with Crippen LogP contribution in [0.4, 0.5) is 9.59 Å². The van der Waals surface area contributed by atoms with Gasteiger partial charge < -0.3 is 19.1 Å². The lowest BCUT2D eigenvalue weighted by atomic mass is 10.1. The Bertz CT molecular complexity index is 1450. The number of aromatic nitrogens is 3. The van der Waals surface area contributed by atoms with E-state index in [-0.39, 0.29) is 12.6 Å². The van der Waals surface area contributed by atoms with Gasteiger partial charge in [0, 0.05) is 34.2 Å². The number of hydrogen-bond donors (Lipinski definition) is 3. The predicted molar refractivity (Wildman–Crippen MR) is 148 cm³/mol. The molecule has 1 fully saturated rings. The lowest BCUT2D eigenvalue weighted by Crippen LogP contribution is -2.38. The number of ether oxygens (including phenoxy) is 2. The first kappa shape index (κ1) is 34.5. The third kappa shape index (κ3) is 12.0. The maximum atomic E-state index is 12.0. The second-order valence-electron chi connectivity index (χ2n) is 11.3. The van der Waals surface area contributed by atoms with Gasteiger partial charge in [0.25, 0.3) is 0 Å². The molecule has 0 spiro atoms. The smallest absolute Gasteiger partial charge is 0.423 e. The van der Waals surface area contributed by atoms with Gasteiger partial charge in [-0.25, -0.2) is 24.3 Å². The minimum absolute atomic E-state index is 0.0491. The zero-order valence-electron chi connectivity index (χ0n) is 23.7. The van der Waals surface area contributed by atoms with Crippen LogP contribution in [0.2, 0.25) is 0 Å². The summed E-state index contributed by atoms with van der Waals surface area (Å²) in [5, 5.41) is 11.3. The topological polar surface area (TPSA) is 205 Å². The molecule has 0 radical (unpaired) electrons. The highest BCUT2D eigenvalue weighted by atomic mass is 35.7. The molecule has 15 nitrogen and oxygen atoms in total. The Morgan fingerprint density at radius 1 is 1.02 bits per heavy atom. The fourth-order valence-electron chi connectivity index (χ4n) is 3.88. The normalized spacial score (nSPS) is 19.7. The molecule has 0 saturated heterocycles. The highest BCUT2D eigenvalue weighted by Crippen LogP contribution is 2.37. The van der Waals surface area contributed by atoms with Crippen molar-refractivity contribution in [1.82, 2.24) is 24.0 Å². The molecular formula is C23H36ClN5O10S2. The van der Waals surface area contributed by atoms with E-state index in [9.17, 15) is 31.5 Å². The Hall–Kier alpha value is -2.73. The van der Waals surface area contributed by atoms with Crippen molar-refractivity contribution < 1.29 is 45.2 Å². The molecule has 1 aliphatic carbocycles. The number of aliphatic hydroxyl groups is 1. The van der Waals surface area contributed by atoms with E-state index in [1.807, 2.05) is 23.8 Å². The van der Waals surface area contributed by atoms with Crippen LogP contribution in [0.15, 0.2) is 18.6 Å². The van der Waals surface area contributed by atoms with Gasteiger partial charge in [-0.3, -0.25) is 4.18 Å². The fraction of sp³-hybridized carbons (Fsp3) is 0.652. The van der Waals surface area contributed by atoms with Crippen LogP contribution in [0.5, 0.6) is 0 Å². The van der Waals surface area contributed by atoms with E-state index < -0.39 is 55.0 Å². The number of aryl methyl sites for hydroxylation is 1. The number of hydrogen-bond acceptors (Lipinski definition) is 12. The van der Waals surface area contributed by atoms with Crippen molar-refractivity contribution in [3.63, 3.8) is 0 Å². The third-order valence-corrected chi connectivity index (χ3v) is 6.89. The molecule has 2 heterocycles. The standard InChI is InChI=1S/C18H26N4O6S.C5H10ClNO4S/c1-11-14-5-6-22(16(14)20-10-19-11)13-7-12(15(23)8-13)9-27-29(25,26)21-17(24)28-18(2,3)4;1-5(2,3)11-4(8)7-12(6,9)10/h5-6,10,12-13,15,23H,7-9H2,1-4H3,(H,21,24);1-3H3,(H,7,8)/t12-,13+,15-;/m0./s1. The van der Waals surface area contributed by atoms with Gasteiger partial charge in [0.1, 0.15) is 23.2 Å². The molecule has 1 saturated carbocycles. The van der Waals surface area contributed by atoms with Crippen LogP contribution in [0.25, 0.3) is 11.0 Å². The van der Waals surface area contributed by atoms with Crippen LogP contribution < -0.4 is 9.44 Å². The molecule has 232 valence electrons. The lowest BCUT2D eigenvalue weighted by molar-refractivity contribution is 0.0550. The summed E-state index contributed by atoms with van der Waals surface area (Å²) in [5.74, 6) is -0.407. The number of amides is 2. The minimum Gasteiger partial charge on any atom is -0.443 e. The Kier molecular flexibility index (Phi) is 11.0. The summed E-state index contributed by atoms with van der Waals surface area (Å²) >= 11 is 0. The lowest BCUT2D eigenvalue weighted by Gasteiger charge is -2.20. The van der Waals surface area contributed by atoms with Gasteiger partial charge >= 0.3 is 31.7 Å². The Labute approximate surface area is 243 Å². The summed E-state index contributed by atoms with van der Waals surface area (Å²) in [6, 6.07) is 1.88. The van der Waals surface area contributed by atoms with Crippen LogP contribution in [-0.4, -0.2) is 72.6 Å². The molecule has 18 heteroatoms. The highest BCUT2D eigenvalue weighted by Gasteiger charge is 2.36. The van der Waals surface area contributed by atoms with Crippen LogP contribution in [0.3, 0.4) is 0 Å². The Balaban J connectivity index is 0.000000415. The predicted octanol–water partition coefficient (Wildman–Crippen LogP) is 2.83. The second-order valence-corrected chi connectivity index (χ2v) is 14.9. The van der Waals surface area contributed by atoms with Gasteiger partial charge in [0.15, 0.2) is 0 Å². The van der Waals surface area contributed by atoms with Crippen molar-refractivity contribution in [3.8, 4) is 0 Å². The van der Waals surface area contributed by atoms with Gasteiger partial charge in [0.2, 0.25) is 0 Å². The average Bonchev–Trinajstić information content (AvgIpc) is 3.32. The Morgan fingerprint density at radius 3 is 2.12 bits per heavy atom. The van der Waals surface area contributed by atoms with Crippen molar-refractivity contribution in [1.29, 1.82) is 0 Å². The van der Waals surface area contributed by atoms with E-state index in [0.29, 0.717) is 12.8 Å². The zero-order chi connectivity index (χ0) is 31.4. The molecule has 0 aliphatic heterocycles. The molecule has 2 aromatic rings. The first-order chi connectivity index (χ1) is 18.6. The molecule has 41 heavy (non-hydrogen) atoms. The number of halogens is 1. The molecule has 2 amide bonds.